The first-order chi connectivity index (χ1) is 13.1. The fourth-order valence-electron chi connectivity index (χ4n) is 3.13. The molecule has 12 heteroatoms. The number of alkyl halides is 11. The van der Waals surface area contributed by atoms with Crippen LogP contribution in [0.2, 0.25) is 0 Å². The minimum Gasteiger partial charge on any atom is -0.388 e. The molecule has 0 amide bonds. The topological polar surface area (TPSA) is 20.2 Å². The van der Waals surface area contributed by atoms with Gasteiger partial charge in [0.15, 0.2) is 0 Å². The number of hydrogen-bond acceptors (Lipinski definition) is 1. The van der Waals surface area contributed by atoms with Crippen molar-refractivity contribution in [1.29, 1.82) is 0 Å². The molecule has 0 aliphatic heterocycles. The summed E-state index contributed by atoms with van der Waals surface area (Å²) in [6.07, 6.45) is -5.40. The van der Waals surface area contributed by atoms with Crippen LogP contribution >= 0.6 is 0 Å². The van der Waals surface area contributed by atoms with Crippen LogP contribution in [0.25, 0.3) is 0 Å². The molecule has 1 atom stereocenters. The zero-order valence-corrected chi connectivity index (χ0v) is 15.7. The molecule has 0 heterocycles. The van der Waals surface area contributed by atoms with Gasteiger partial charge in [0.05, 0.1) is 6.10 Å². The highest BCUT2D eigenvalue weighted by molar-refractivity contribution is 5.31. The summed E-state index contributed by atoms with van der Waals surface area (Å²) in [5, 5.41) is 9.88. The Morgan fingerprint density at radius 2 is 1.00 bits per heavy atom. The van der Waals surface area contributed by atoms with Gasteiger partial charge in [0.2, 0.25) is 0 Å². The Kier molecular flexibility index (Phi) is 5.31. The van der Waals surface area contributed by atoms with Crippen molar-refractivity contribution in [2.24, 2.45) is 0 Å². The Labute approximate surface area is 163 Å². The van der Waals surface area contributed by atoms with Gasteiger partial charge >= 0.3 is 29.6 Å². The van der Waals surface area contributed by atoms with E-state index in [1.54, 1.807) is 20.8 Å². The Bertz CT molecular complexity index is 763. The molecule has 0 saturated heterocycles. The maximum Gasteiger partial charge on any atom is 0.384 e. The minimum atomic E-state index is -7.26. The molecule has 0 bridgehead atoms. The maximum atomic E-state index is 14.7. The average Bonchev–Trinajstić information content (AvgIpc) is 2.59. The zero-order valence-electron chi connectivity index (χ0n) is 15.7. The molecule has 1 aromatic carbocycles. The summed E-state index contributed by atoms with van der Waals surface area (Å²) in [5.74, 6) is -35.5. The fourth-order valence-corrected chi connectivity index (χ4v) is 3.13. The molecular formula is C18H17F11O. The van der Waals surface area contributed by atoms with Crippen molar-refractivity contribution in [1.82, 2.24) is 0 Å². The van der Waals surface area contributed by atoms with E-state index in [9.17, 15) is 53.4 Å². The van der Waals surface area contributed by atoms with E-state index in [4.69, 9.17) is 0 Å². The summed E-state index contributed by atoms with van der Waals surface area (Å²) in [7, 11) is 0. The first kappa shape index (κ1) is 24.7. The van der Waals surface area contributed by atoms with E-state index >= 15 is 0 Å². The van der Waals surface area contributed by atoms with Crippen molar-refractivity contribution < 1.29 is 53.4 Å². The lowest BCUT2D eigenvalue weighted by molar-refractivity contribution is -0.487. The Morgan fingerprint density at radius 3 is 1.33 bits per heavy atom. The molecule has 1 aliphatic carbocycles. The van der Waals surface area contributed by atoms with Crippen LogP contribution < -0.4 is 0 Å². The number of aliphatic hydroxyl groups excluding tert-OH is 1. The fraction of sp³-hybridized carbons (Fsp3) is 0.667. The van der Waals surface area contributed by atoms with Gasteiger partial charge in [0.25, 0.3) is 5.67 Å². The van der Waals surface area contributed by atoms with Gasteiger partial charge < -0.3 is 5.11 Å². The molecule has 0 radical (unpaired) electrons. The molecule has 1 N–H and O–H groups in total. The third-order valence-corrected chi connectivity index (χ3v) is 5.21. The van der Waals surface area contributed by atoms with Crippen LogP contribution in [-0.2, 0) is 5.41 Å². The number of hydrogen-bond donors (Lipinski definition) is 1. The predicted octanol–water partition coefficient (Wildman–Crippen LogP) is 6.31. The molecule has 172 valence electrons. The Hall–Kier alpha value is -1.59. The van der Waals surface area contributed by atoms with Gasteiger partial charge in [-0.15, -0.1) is 0 Å². The highest BCUT2D eigenvalue weighted by Gasteiger charge is 3.00. The molecule has 1 aromatic rings. The van der Waals surface area contributed by atoms with E-state index in [1.807, 2.05) is 0 Å². The highest BCUT2D eigenvalue weighted by atomic mass is 19.4. The van der Waals surface area contributed by atoms with E-state index in [2.05, 4.69) is 0 Å². The van der Waals surface area contributed by atoms with Crippen LogP contribution in [0.1, 0.15) is 44.4 Å². The lowest BCUT2D eigenvalue weighted by atomic mass is 9.69. The van der Waals surface area contributed by atoms with E-state index < -0.39 is 58.8 Å². The Balaban J connectivity index is 2.55. The lowest BCUT2D eigenvalue weighted by Gasteiger charge is -2.52. The third kappa shape index (κ3) is 2.85. The summed E-state index contributed by atoms with van der Waals surface area (Å²) in [5.41, 5.74) is -6.63. The SMILES string of the molecule is CC(C)(C)c1ccc(C(O)CC2(F)C(F)(F)C(F)(F)C(F)(F)C(F)(F)C2(F)F)cc1. The molecule has 1 nitrogen and oxygen atoms in total. The van der Waals surface area contributed by atoms with Crippen LogP contribution in [0.3, 0.4) is 0 Å². The van der Waals surface area contributed by atoms with Crippen molar-refractivity contribution in [2.45, 2.75) is 74.0 Å². The number of halogens is 11. The molecule has 1 unspecified atom stereocenters. The molecule has 1 saturated carbocycles. The summed E-state index contributed by atoms with van der Waals surface area (Å²) >= 11 is 0. The largest absolute Gasteiger partial charge is 0.388 e. The summed E-state index contributed by atoms with van der Waals surface area (Å²) in [6, 6.07) is 4.47. The predicted molar refractivity (Wildman–Crippen MR) is 83.3 cm³/mol. The van der Waals surface area contributed by atoms with Crippen molar-refractivity contribution in [3.05, 3.63) is 35.4 Å². The normalized spacial score (nSPS) is 26.8. The van der Waals surface area contributed by atoms with Crippen molar-refractivity contribution >= 4 is 0 Å². The number of rotatable bonds is 3. The molecular weight excluding hydrogens is 441 g/mol. The summed E-state index contributed by atoms with van der Waals surface area (Å²) in [4.78, 5) is 0. The van der Waals surface area contributed by atoms with Crippen LogP contribution in [0.4, 0.5) is 48.3 Å². The van der Waals surface area contributed by atoms with E-state index in [-0.39, 0.29) is 0 Å². The first-order valence-electron chi connectivity index (χ1n) is 8.46. The zero-order chi connectivity index (χ0) is 23.8. The van der Waals surface area contributed by atoms with E-state index in [0.29, 0.717) is 5.56 Å². The number of aliphatic hydroxyl groups is 1. The van der Waals surface area contributed by atoms with Crippen LogP contribution in [0, 0.1) is 0 Å². The second-order valence-corrected chi connectivity index (χ2v) is 8.27. The summed E-state index contributed by atoms with van der Waals surface area (Å²) < 4.78 is 151. The number of benzene rings is 1. The van der Waals surface area contributed by atoms with Crippen LogP contribution in [0.5, 0.6) is 0 Å². The maximum absolute atomic E-state index is 14.7. The molecule has 0 aromatic heterocycles. The van der Waals surface area contributed by atoms with Crippen LogP contribution in [0.15, 0.2) is 24.3 Å². The first-order valence-corrected chi connectivity index (χ1v) is 8.46. The monoisotopic (exact) mass is 458 g/mol. The molecule has 1 fully saturated rings. The smallest absolute Gasteiger partial charge is 0.384 e. The average molecular weight is 458 g/mol. The second-order valence-electron chi connectivity index (χ2n) is 8.27. The van der Waals surface area contributed by atoms with Gasteiger partial charge in [-0.05, 0) is 16.5 Å². The standard InChI is InChI=1S/C18H17F11O/c1-12(2,3)10-6-4-9(5-7-10)11(30)8-13(19)14(20,21)16(24,25)18(28,29)17(26,27)15(13,22)23/h4-7,11,30H,8H2,1-3H3. The van der Waals surface area contributed by atoms with E-state index in [0.717, 1.165) is 12.1 Å². The van der Waals surface area contributed by atoms with Crippen molar-refractivity contribution in [3.63, 3.8) is 0 Å². The highest BCUT2D eigenvalue weighted by Crippen LogP contribution is 2.70. The van der Waals surface area contributed by atoms with Gasteiger partial charge in [-0.3, -0.25) is 0 Å². The van der Waals surface area contributed by atoms with Gasteiger partial charge in [0, 0.05) is 6.42 Å². The second kappa shape index (κ2) is 6.46. The van der Waals surface area contributed by atoms with Gasteiger partial charge in [-0.25, -0.2) is 4.39 Å². The quantitative estimate of drug-likeness (QED) is 0.527. The van der Waals surface area contributed by atoms with Gasteiger partial charge in [-0.2, -0.15) is 43.9 Å². The van der Waals surface area contributed by atoms with Gasteiger partial charge in [0.1, 0.15) is 0 Å². The lowest BCUT2D eigenvalue weighted by Crippen LogP contribution is -2.83. The van der Waals surface area contributed by atoms with Crippen molar-refractivity contribution in [2.75, 3.05) is 0 Å². The minimum absolute atomic E-state index is 0.468. The third-order valence-electron chi connectivity index (χ3n) is 5.21. The molecule has 2 rings (SSSR count). The molecule has 0 spiro atoms. The summed E-state index contributed by atoms with van der Waals surface area (Å²) in [6.45, 7) is 5.22. The van der Waals surface area contributed by atoms with Gasteiger partial charge in [-0.1, -0.05) is 45.0 Å². The molecule has 1 aliphatic rings. The van der Waals surface area contributed by atoms with Crippen molar-refractivity contribution in [3.8, 4) is 0 Å². The Morgan fingerprint density at radius 1 is 0.667 bits per heavy atom. The van der Waals surface area contributed by atoms with E-state index in [1.165, 1.54) is 12.1 Å². The van der Waals surface area contributed by atoms with Crippen LogP contribution in [-0.4, -0.2) is 40.4 Å². The molecule has 30 heavy (non-hydrogen) atoms.